The summed E-state index contributed by atoms with van der Waals surface area (Å²) in [6, 6.07) is 3.38. The van der Waals surface area contributed by atoms with E-state index < -0.39 is 5.82 Å². The molecule has 2 aromatic rings. The van der Waals surface area contributed by atoms with Gasteiger partial charge in [0.2, 0.25) is 0 Å². The Bertz CT molecular complexity index is 653. The Morgan fingerprint density at radius 3 is 2.91 bits per heavy atom. The molecule has 0 aromatic carbocycles. The lowest BCUT2D eigenvalue weighted by Crippen LogP contribution is -2.44. The summed E-state index contributed by atoms with van der Waals surface area (Å²) in [5, 5.41) is 0. The molecule has 0 radical (unpaired) electrons. The number of pyridine rings is 1. The summed E-state index contributed by atoms with van der Waals surface area (Å²) in [6.45, 7) is 0.967. The molecule has 114 valence electrons. The van der Waals surface area contributed by atoms with Gasteiger partial charge >= 0.3 is 6.01 Å². The highest BCUT2D eigenvalue weighted by Gasteiger charge is 2.27. The Morgan fingerprint density at radius 2 is 2.14 bits per heavy atom. The summed E-state index contributed by atoms with van der Waals surface area (Å²) in [6.07, 6.45) is 7.05. The number of carbonyl (C=O) groups is 1. The van der Waals surface area contributed by atoms with Gasteiger partial charge in [-0.1, -0.05) is 0 Å². The Labute approximate surface area is 127 Å². The van der Waals surface area contributed by atoms with Crippen LogP contribution in [-0.2, 0) is 0 Å². The Hall–Kier alpha value is -2.57. The summed E-state index contributed by atoms with van der Waals surface area (Å²) < 4.78 is 19.4. The van der Waals surface area contributed by atoms with Crippen LogP contribution in [0.5, 0.6) is 6.01 Å². The molecule has 1 aliphatic heterocycles. The minimum absolute atomic E-state index is 0.0339. The topological polar surface area (TPSA) is 68.2 Å². The van der Waals surface area contributed by atoms with Crippen LogP contribution in [0.4, 0.5) is 4.39 Å². The average molecular weight is 302 g/mol. The largest absolute Gasteiger partial charge is 0.458 e. The maximum atomic E-state index is 13.7. The lowest BCUT2D eigenvalue weighted by Gasteiger charge is -2.32. The van der Waals surface area contributed by atoms with Crippen molar-refractivity contribution in [1.82, 2.24) is 19.9 Å². The van der Waals surface area contributed by atoms with Crippen molar-refractivity contribution in [2.45, 2.75) is 18.9 Å². The molecular weight excluding hydrogens is 287 g/mol. The van der Waals surface area contributed by atoms with E-state index in [1.165, 1.54) is 12.3 Å². The number of aromatic nitrogens is 3. The predicted octanol–water partition coefficient (Wildman–Crippen LogP) is 1.69. The van der Waals surface area contributed by atoms with E-state index in [1.54, 1.807) is 23.4 Å². The quantitative estimate of drug-likeness (QED) is 0.863. The third-order valence-electron chi connectivity index (χ3n) is 3.48. The third kappa shape index (κ3) is 3.19. The van der Waals surface area contributed by atoms with E-state index in [1.807, 2.05) is 0 Å². The summed E-state index contributed by atoms with van der Waals surface area (Å²) in [7, 11) is 0. The molecule has 6 nitrogen and oxygen atoms in total. The lowest BCUT2D eigenvalue weighted by atomic mass is 10.1. The standard InChI is InChI=1S/C15H15FN4O2/c16-13-9-17-7-4-12(13)14(21)20-8-1-3-11(10-20)22-15-18-5-2-6-19-15/h2,4-7,9,11H,1,3,8,10H2. The molecule has 1 unspecified atom stereocenters. The minimum Gasteiger partial charge on any atom is -0.458 e. The fourth-order valence-corrected chi connectivity index (χ4v) is 2.43. The van der Waals surface area contributed by atoms with Gasteiger partial charge in [0.1, 0.15) is 6.10 Å². The fraction of sp³-hybridized carbons (Fsp3) is 0.333. The first-order chi connectivity index (χ1) is 10.7. The van der Waals surface area contributed by atoms with Gasteiger partial charge in [0.05, 0.1) is 18.3 Å². The minimum atomic E-state index is -0.609. The molecule has 0 saturated carbocycles. The smallest absolute Gasteiger partial charge is 0.316 e. The predicted molar refractivity (Wildman–Crippen MR) is 75.8 cm³/mol. The van der Waals surface area contributed by atoms with Crippen molar-refractivity contribution in [3.8, 4) is 6.01 Å². The third-order valence-corrected chi connectivity index (χ3v) is 3.48. The average Bonchev–Trinajstić information content (AvgIpc) is 2.56. The Morgan fingerprint density at radius 1 is 1.32 bits per heavy atom. The number of amides is 1. The molecule has 1 fully saturated rings. The molecule has 1 saturated heterocycles. The zero-order valence-corrected chi connectivity index (χ0v) is 11.9. The monoisotopic (exact) mass is 302 g/mol. The van der Waals surface area contributed by atoms with Gasteiger partial charge in [-0.25, -0.2) is 14.4 Å². The highest BCUT2D eigenvalue weighted by atomic mass is 19.1. The molecule has 22 heavy (non-hydrogen) atoms. The number of ether oxygens (including phenoxy) is 1. The van der Waals surface area contributed by atoms with Gasteiger partial charge in [0.15, 0.2) is 5.82 Å². The zero-order valence-electron chi connectivity index (χ0n) is 11.9. The maximum Gasteiger partial charge on any atom is 0.316 e. The SMILES string of the molecule is O=C(c1ccncc1F)N1CCCC(Oc2ncccn2)C1. The van der Waals surface area contributed by atoms with E-state index in [4.69, 9.17) is 4.74 Å². The Kier molecular flexibility index (Phi) is 4.22. The number of piperidine rings is 1. The summed E-state index contributed by atoms with van der Waals surface area (Å²) >= 11 is 0. The number of hydrogen-bond donors (Lipinski definition) is 0. The van der Waals surface area contributed by atoms with E-state index >= 15 is 0 Å². The van der Waals surface area contributed by atoms with Crippen LogP contribution in [0, 0.1) is 5.82 Å². The van der Waals surface area contributed by atoms with Crippen LogP contribution in [0.1, 0.15) is 23.2 Å². The Balaban J connectivity index is 1.68. The van der Waals surface area contributed by atoms with Gasteiger partial charge in [-0.05, 0) is 25.0 Å². The first-order valence-electron chi connectivity index (χ1n) is 7.06. The van der Waals surface area contributed by atoms with Gasteiger partial charge < -0.3 is 9.64 Å². The van der Waals surface area contributed by atoms with E-state index in [9.17, 15) is 9.18 Å². The maximum absolute atomic E-state index is 13.7. The van der Waals surface area contributed by atoms with Crippen LogP contribution in [-0.4, -0.2) is 45.0 Å². The lowest BCUT2D eigenvalue weighted by molar-refractivity contribution is 0.0511. The molecule has 0 N–H and O–H groups in total. The molecule has 1 atom stereocenters. The number of rotatable bonds is 3. The van der Waals surface area contributed by atoms with Crippen LogP contribution < -0.4 is 4.74 Å². The molecule has 0 spiro atoms. The summed E-state index contributed by atoms with van der Waals surface area (Å²) in [5.74, 6) is -0.955. The van der Waals surface area contributed by atoms with Crippen molar-refractivity contribution >= 4 is 5.91 Å². The van der Waals surface area contributed by atoms with E-state index in [2.05, 4.69) is 15.0 Å². The highest BCUT2D eigenvalue weighted by Crippen LogP contribution is 2.18. The summed E-state index contributed by atoms with van der Waals surface area (Å²) in [5.41, 5.74) is 0.0339. The number of hydrogen-bond acceptors (Lipinski definition) is 5. The van der Waals surface area contributed by atoms with Crippen LogP contribution in [0.3, 0.4) is 0 Å². The second kappa shape index (κ2) is 6.46. The van der Waals surface area contributed by atoms with Gasteiger partial charge in [0, 0.05) is 25.1 Å². The van der Waals surface area contributed by atoms with E-state index in [0.29, 0.717) is 13.1 Å². The molecule has 2 aromatic heterocycles. The molecule has 1 amide bonds. The van der Waals surface area contributed by atoms with Gasteiger partial charge in [-0.2, -0.15) is 0 Å². The van der Waals surface area contributed by atoms with Crippen molar-refractivity contribution in [3.63, 3.8) is 0 Å². The van der Waals surface area contributed by atoms with E-state index in [0.717, 1.165) is 19.0 Å². The van der Waals surface area contributed by atoms with Crippen molar-refractivity contribution in [2.24, 2.45) is 0 Å². The van der Waals surface area contributed by atoms with Crippen LogP contribution >= 0.6 is 0 Å². The number of halogens is 1. The first kappa shape index (κ1) is 14.4. The molecule has 1 aliphatic rings. The van der Waals surface area contributed by atoms with Gasteiger partial charge in [-0.3, -0.25) is 9.78 Å². The second-order valence-electron chi connectivity index (χ2n) is 5.02. The van der Waals surface area contributed by atoms with Crippen molar-refractivity contribution < 1.29 is 13.9 Å². The molecule has 7 heteroatoms. The van der Waals surface area contributed by atoms with Crippen molar-refractivity contribution in [2.75, 3.05) is 13.1 Å². The zero-order chi connectivity index (χ0) is 15.4. The molecule has 0 bridgehead atoms. The normalized spacial score (nSPS) is 18.0. The van der Waals surface area contributed by atoms with Crippen LogP contribution in [0.15, 0.2) is 36.9 Å². The van der Waals surface area contributed by atoms with Crippen LogP contribution in [0.2, 0.25) is 0 Å². The summed E-state index contributed by atoms with van der Waals surface area (Å²) in [4.78, 5) is 25.7. The number of carbonyl (C=O) groups excluding carboxylic acids is 1. The molecular formula is C15H15FN4O2. The van der Waals surface area contributed by atoms with Crippen molar-refractivity contribution in [1.29, 1.82) is 0 Å². The highest BCUT2D eigenvalue weighted by molar-refractivity contribution is 5.94. The van der Waals surface area contributed by atoms with Crippen LogP contribution in [0.25, 0.3) is 0 Å². The number of likely N-dealkylation sites (tertiary alicyclic amines) is 1. The van der Waals surface area contributed by atoms with Crippen molar-refractivity contribution in [3.05, 3.63) is 48.3 Å². The van der Waals surface area contributed by atoms with Gasteiger partial charge in [-0.15, -0.1) is 0 Å². The molecule has 3 rings (SSSR count). The molecule has 0 aliphatic carbocycles. The van der Waals surface area contributed by atoms with E-state index in [-0.39, 0.29) is 23.6 Å². The first-order valence-corrected chi connectivity index (χ1v) is 7.06. The fourth-order valence-electron chi connectivity index (χ4n) is 2.43. The number of nitrogens with zero attached hydrogens (tertiary/aromatic N) is 4. The van der Waals surface area contributed by atoms with Gasteiger partial charge in [0.25, 0.3) is 5.91 Å². The molecule has 3 heterocycles. The second-order valence-corrected chi connectivity index (χ2v) is 5.02.